The number of carbonyl (C=O) groups excluding carboxylic acids is 6. The summed E-state index contributed by atoms with van der Waals surface area (Å²) in [6.07, 6.45) is 25.1. The molecule has 0 aromatic heterocycles. The maximum Gasteiger partial charge on any atom is 0.311 e. The molecule has 14 fully saturated rings. The van der Waals surface area contributed by atoms with Crippen molar-refractivity contribution in [3.05, 3.63) is 0 Å². The number of esters is 6. The monoisotopic (exact) mass is 1260 g/mol. The highest BCUT2D eigenvalue weighted by Gasteiger charge is 2.56. The zero-order valence-corrected chi connectivity index (χ0v) is 52.5. The molecule has 0 amide bonds. The van der Waals surface area contributed by atoms with E-state index < -0.39 is 16.2 Å². The normalized spacial score (nSPS) is 37.1. The zero-order valence-electron chi connectivity index (χ0n) is 52.5. The largest absolute Gasteiger partial charge is 0.462 e. The van der Waals surface area contributed by atoms with Crippen molar-refractivity contribution in [3.8, 4) is 0 Å². The molecule has 15 heteroatoms. The van der Waals surface area contributed by atoms with Gasteiger partial charge in [0.15, 0.2) is 20.4 Å². The van der Waals surface area contributed by atoms with Crippen LogP contribution in [0.2, 0.25) is 0 Å². The van der Waals surface area contributed by atoms with Gasteiger partial charge in [-0.05, 0) is 261 Å². The van der Waals surface area contributed by atoms with Crippen molar-refractivity contribution in [1.82, 2.24) is 0 Å². The molecule has 0 N–H and O–H groups in total. The maximum atomic E-state index is 12.8. The van der Waals surface area contributed by atoms with Crippen LogP contribution in [0.3, 0.4) is 0 Å². The van der Waals surface area contributed by atoms with E-state index in [4.69, 9.17) is 42.6 Å². The molecular formula is C74H130O15. The highest BCUT2D eigenvalue weighted by molar-refractivity contribution is 5.78. The molecule has 14 aliphatic carbocycles. The van der Waals surface area contributed by atoms with Crippen LogP contribution in [-0.4, -0.2) is 93.8 Å². The van der Waals surface area contributed by atoms with Crippen molar-refractivity contribution >= 4 is 35.8 Å². The van der Waals surface area contributed by atoms with Crippen molar-refractivity contribution in [3.63, 3.8) is 0 Å². The van der Waals surface area contributed by atoms with Gasteiger partial charge in [0.05, 0.1) is 46.7 Å². The fourth-order valence-electron chi connectivity index (χ4n) is 19.0. The average Bonchev–Trinajstić information content (AvgIpc) is 1.61. The summed E-state index contributed by atoms with van der Waals surface area (Å²) >= 11 is 0. The molecule has 89 heavy (non-hydrogen) atoms. The Balaban J connectivity index is 0.000000280. The standard InChI is InChI=1S/C26H40O5.C25H38O5.C17H28O5.6CH4/c1-4-25(2,3)24(28)31-22-10-16-8-20(22)21(9-16)23(27)30-15-29-14-26-11-17-5-18(12-26)7-19(6-17)13-26;1-4-25(2,3)24(27)30-21-12-16-10-19(21)20(11-16)23(26)29-13-28-22-17-6-14-5-15(8-17)9-18(22)7-14;1-5-17(3,4)16(19)22-14-9-11-7-12(14)13(8-11)15(18)21-10-20-6-2;;;;;;/h16-22H,4-15H2,1-3H3;14-22H,4-13H2,1-3H3;11-14H,5-10H2,1-4H3;6*1H4. The molecule has 0 aromatic rings. The summed E-state index contributed by atoms with van der Waals surface area (Å²) in [5, 5.41) is 0. The van der Waals surface area contributed by atoms with Gasteiger partial charge in [0.25, 0.3) is 0 Å². The summed E-state index contributed by atoms with van der Waals surface area (Å²) < 4.78 is 51.0. The lowest BCUT2D eigenvalue weighted by Crippen LogP contribution is -2.49. The highest BCUT2D eigenvalue weighted by Crippen LogP contribution is 2.61. The van der Waals surface area contributed by atoms with E-state index in [1.807, 2.05) is 69.2 Å². The molecule has 14 bridgehead atoms. The van der Waals surface area contributed by atoms with Gasteiger partial charge in [0, 0.05) is 24.4 Å². The van der Waals surface area contributed by atoms with Crippen LogP contribution in [-0.2, 0) is 71.4 Å². The molecule has 0 aliphatic heterocycles. The number of fused-ring (bicyclic) bond motifs is 6. The minimum Gasteiger partial charge on any atom is -0.462 e. The predicted octanol–water partition coefficient (Wildman–Crippen LogP) is 16.6. The predicted molar refractivity (Wildman–Crippen MR) is 348 cm³/mol. The van der Waals surface area contributed by atoms with E-state index in [0.29, 0.717) is 41.6 Å². The Morgan fingerprint density at radius 2 is 0.674 bits per heavy atom. The third-order valence-electron chi connectivity index (χ3n) is 24.2. The summed E-state index contributed by atoms with van der Waals surface area (Å²) in [7, 11) is 0. The van der Waals surface area contributed by atoms with Crippen LogP contribution in [0, 0.1) is 116 Å². The van der Waals surface area contributed by atoms with Crippen LogP contribution in [0.5, 0.6) is 0 Å². The number of carbonyl (C=O) groups is 6. The summed E-state index contributed by atoms with van der Waals surface area (Å²) in [6.45, 7) is 20.8. The Morgan fingerprint density at radius 3 is 0.989 bits per heavy atom. The third kappa shape index (κ3) is 17.5. The fraction of sp³-hybridized carbons (Fsp3) is 0.919. The summed E-state index contributed by atoms with van der Waals surface area (Å²) in [5.41, 5.74) is -1.06. The van der Waals surface area contributed by atoms with Gasteiger partial charge in [-0.1, -0.05) is 65.3 Å². The lowest BCUT2D eigenvalue weighted by molar-refractivity contribution is -0.193. The van der Waals surface area contributed by atoms with Crippen LogP contribution >= 0.6 is 0 Å². The van der Waals surface area contributed by atoms with Crippen molar-refractivity contribution in [1.29, 1.82) is 0 Å². The summed E-state index contributed by atoms with van der Waals surface area (Å²) in [5.74, 6) is 6.24. The van der Waals surface area contributed by atoms with Gasteiger partial charge in [0.2, 0.25) is 0 Å². The van der Waals surface area contributed by atoms with Gasteiger partial charge in [-0.25, -0.2) is 0 Å². The van der Waals surface area contributed by atoms with E-state index in [-0.39, 0.29) is 161 Å². The van der Waals surface area contributed by atoms with E-state index in [1.54, 1.807) is 0 Å². The number of ether oxygens (including phenoxy) is 9. The van der Waals surface area contributed by atoms with Gasteiger partial charge >= 0.3 is 35.8 Å². The van der Waals surface area contributed by atoms with Gasteiger partial charge in [-0.15, -0.1) is 0 Å². The van der Waals surface area contributed by atoms with E-state index in [0.717, 1.165) is 113 Å². The molecule has 14 saturated carbocycles. The van der Waals surface area contributed by atoms with E-state index in [9.17, 15) is 28.8 Å². The van der Waals surface area contributed by atoms with Gasteiger partial charge in [0.1, 0.15) is 18.3 Å². The second kappa shape index (κ2) is 32.2. The van der Waals surface area contributed by atoms with Crippen LogP contribution in [0.25, 0.3) is 0 Å². The molecule has 0 radical (unpaired) electrons. The average molecular weight is 1260 g/mol. The SMILES string of the molecule is C.C.C.C.C.C.CCC(C)(C)C(=O)OC1CC2CC(C(=O)OCOC3C4CC5CC(C4)CC3C5)C1C2.CCC(C)(C)C(=O)OC1CC2CC(C(=O)OCOCC34CC5CC(CC(C5)C3)C4)C1C2.CCOCOC(=O)C1CC2CC(OC(=O)C(C)(C)CC)C1C2. The number of hydrogen-bond donors (Lipinski definition) is 0. The van der Waals surface area contributed by atoms with Crippen molar-refractivity contribution in [2.45, 2.75) is 286 Å². The first-order valence-electron chi connectivity index (χ1n) is 33.4. The molecule has 14 aliphatic rings. The number of hydrogen-bond acceptors (Lipinski definition) is 15. The first kappa shape index (κ1) is 78.1. The summed E-state index contributed by atoms with van der Waals surface area (Å²) in [4.78, 5) is 75.1. The van der Waals surface area contributed by atoms with E-state index >= 15 is 0 Å². The molecule has 14 rings (SSSR count). The zero-order chi connectivity index (χ0) is 59.2. The second-order valence-electron chi connectivity index (χ2n) is 31.1. The summed E-state index contributed by atoms with van der Waals surface area (Å²) in [6, 6.07) is 0. The highest BCUT2D eigenvalue weighted by atomic mass is 16.7. The quantitative estimate of drug-likeness (QED) is 0.0431. The molecular weight excluding hydrogens is 1130 g/mol. The van der Waals surface area contributed by atoms with Crippen molar-refractivity contribution in [2.75, 3.05) is 33.6 Å². The van der Waals surface area contributed by atoms with Crippen LogP contribution in [0.15, 0.2) is 0 Å². The Bertz CT molecular complexity index is 2240. The van der Waals surface area contributed by atoms with Crippen LogP contribution in [0.4, 0.5) is 0 Å². The van der Waals surface area contributed by atoms with Gasteiger partial charge < -0.3 is 42.6 Å². The lowest BCUT2D eigenvalue weighted by atomic mass is 9.50. The Kier molecular flexibility index (Phi) is 28.3. The van der Waals surface area contributed by atoms with E-state index in [1.165, 1.54) is 70.6 Å². The van der Waals surface area contributed by atoms with Crippen LogP contribution in [0.1, 0.15) is 261 Å². The Morgan fingerprint density at radius 1 is 0.371 bits per heavy atom. The minimum atomic E-state index is -0.469. The van der Waals surface area contributed by atoms with E-state index in [2.05, 4.69) is 0 Å². The van der Waals surface area contributed by atoms with Crippen LogP contribution < -0.4 is 0 Å². The molecule has 0 saturated heterocycles. The second-order valence-corrected chi connectivity index (χ2v) is 31.1. The Hall–Kier alpha value is -3.30. The fourth-order valence-corrected chi connectivity index (χ4v) is 19.0. The first-order valence-corrected chi connectivity index (χ1v) is 33.4. The Labute approximate surface area is 540 Å². The molecule has 15 nitrogen and oxygen atoms in total. The molecule has 12 atom stereocenters. The first-order chi connectivity index (χ1) is 39.5. The molecule has 12 unspecified atom stereocenters. The molecule has 516 valence electrons. The molecule has 0 heterocycles. The van der Waals surface area contributed by atoms with Gasteiger partial charge in [-0.2, -0.15) is 0 Å². The maximum absolute atomic E-state index is 12.8. The minimum absolute atomic E-state index is 0. The smallest absolute Gasteiger partial charge is 0.311 e. The van der Waals surface area contributed by atoms with Gasteiger partial charge in [-0.3, -0.25) is 28.8 Å². The third-order valence-corrected chi connectivity index (χ3v) is 24.2. The number of rotatable bonds is 22. The lowest BCUT2D eigenvalue weighted by Gasteiger charge is -2.56. The van der Waals surface area contributed by atoms with Crippen molar-refractivity contribution < 1.29 is 71.4 Å². The molecule has 0 aromatic carbocycles. The molecule has 0 spiro atoms. The van der Waals surface area contributed by atoms with Crippen molar-refractivity contribution in [2.24, 2.45) is 116 Å². The topological polar surface area (TPSA) is 185 Å².